The lowest BCUT2D eigenvalue weighted by Crippen LogP contribution is -1.94. The summed E-state index contributed by atoms with van der Waals surface area (Å²) in [5.74, 6) is 1.71. The number of alkyl halides is 1. The van der Waals surface area contributed by atoms with Crippen LogP contribution < -0.4 is 4.74 Å². The Hall–Kier alpha value is -1.32. The van der Waals surface area contributed by atoms with Crippen molar-refractivity contribution in [2.45, 2.75) is 11.8 Å². The fourth-order valence-corrected chi connectivity index (χ4v) is 2.10. The Kier molecular flexibility index (Phi) is 5.43. The molecule has 0 aliphatic rings. The fraction of sp³-hybridized carbons (Fsp3) is 0.250. The van der Waals surface area contributed by atoms with Crippen molar-refractivity contribution in [3.8, 4) is 11.5 Å². The molecule has 0 atom stereocenters. The predicted octanol–water partition coefficient (Wildman–Crippen LogP) is 4.56. The minimum absolute atomic E-state index is 0.744. The Morgan fingerprint density at radius 2 is 1.37 bits per heavy atom. The highest BCUT2D eigenvalue weighted by Gasteiger charge is 1.99. The van der Waals surface area contributed by atoms with Crippen molar-refractivity contribution in [3.05, 3.63) is 59.7 Å². The monoisotopic (exact) mass is 320 g/mol. The summed E-state index contributed by atoms with van der Waals surface area (Å²) in [5, 5.41) is 0.863. The van der Waals surface area contributed by atoms with Crippen molar-refractivity contribution in [3.63, 3.8) is 0 Å². The van der Waals surface area contributed by atoms with Crippen LogP contribution >= 0.6 is 15.9 Å². The molecule has 0 radical (unpaired) electrons. The Labute approximate surface area is 122 Å². The zero-order valence-electron chi connectivity index (χ0n) is 10.9. The lowest BCUT2D eigenvalue weighted by molar-refractivity contribution is 0.202. The van der Waals surface area contributed by atoms with E-state index < -0.39 is 0 Å². The molecule has 0 unspecified atom stereocenters. The van der Waals surface area contributed by atoms with Gasteiger partial charge < -0.3 is 9.47 Å². The van der Waals surface area contributed by atoms with Crippen molar-refractivity contribution < 1.29 is 9.47 Å². The molecule has 0 aromatic heterocycles. The lowest BCUT2D eigenvalue weighted by atomic mass is 10.1. The first-order valence-corrected chi connectivity index (χ1v) is 7.34. The first-order chi connectivity index (χ1) is 9.31. The summed E-state index contributed by atoms with van der Waals surface area (Å²) in [4.78, 5) is 0. The third-order valence-electron chi connectivity index (χ3n) is 2.83. The standard InChI is InChI=1S/C16H17BrO2/c1-18-11-10-13-2-6-15(7-3-13)19-16-8-4-14(12-17)5-9-16/h2-9H,10-12H2,1H3. The van der Waals surface area contributed by atoms with Gasteiger partial charge in [-0.1, -0.05) is 40.2 Å². The van der Waals surface area contributed by atoms with Crippen molar-refractivity contribution >= 4 is 15.9 Å². The molecule has 0 bridgehead atoms. The van der Waals surface area contributed by atoms with E-state index >= 15 is 0 Å². The quantitative estimate of drug-likeness (QED) is 0.726. The van der Waals surface area contributed by atoms with Crippen LogP contribution in [0.3, 0.4) is 0 Å². The molecule has 0 aliphatic carbocycles. The number of benzene rings is 2. The highest BCUT2D eigenvalue weighted by Crippen LogP contribution is 2.22. The molecule has 2 aromatic rings. The minimum atomic E-state index is 0.744. The van der Waals surface area contributed by atoms with Gasteiger partial charge in [-0.25, -0.2) is 0 Å². The van der Waals surface area contributed by atoms with Crippen LogP contribution in [0.25, 0.3) is 0 Å². The van der Waals surface area contributed by atoms with E-state index in [4.69, 9.17) is 9.47 Å². The van der Waals surface area contributed by atoms with Gasteiger partial charge in [0, 0.05) is 12.4 Å². The SMILES string of the molecule is COCCc1ccc(Oc2ccc(CBr)cc2)cc1. The summed E-state index contributed by atoms with van der Waals surface area (Å²) in [5.41, 5.74) is 2.49. The Balaban J connectivity index is 1.98. The second kappa shape index (κ2) is 7.31. The van der Waals surface area contributed by atoms with Gasteiger partial charge in [-0.15, -0.1) is 0 Å². The van der Waals surface area contributed by atoms with Crippen LogP contribution in [0.2, 0.25) is 0 Å². The summed E-state index contributed by atoms with van der Waals surface area (Å²) in [7, 11) is 1.72. The molecule has 19 heavy (non-hydrogen) atoms. The van der Waals surface area contributed by atoms with Gasteiger partial charge in [0.25, 0.3) is 0 Å². The number of halogens is 1. The van der Waals surface area contributed by atoms with E-state index in [0.29, 0.717) is 0 Å². The van der Waals surface area contributed by atoms with Crippen LogP contribution in [-0.2, 0) is 16.5 Å². The van der Waals surface area contributed by atoms with Gasteiger partial charge in [-0.3, -0.25) is 0 Å². The van der Waals surface area contributed by atoms with E-state index in [-0.39, 0.29) is 0 Å². The van der Waals surface area contributed by atoms with Crippen molar-refractivity contribution in [1.82, 2.24) is 0 Å². The summed E-state index contributed by atoms with van der Waals surface area (Å²) in [6.45, 7) is 0.744. The molecule has 0 saturated carbocycles. The number of hydrogen-bond acceptors (Lipinski definition) is 2. The first-order valence-electron chi connectivity index (χ1n) is 6.22. The van der Waals surface area contributed by atoms with E-state index in [1.807, 2.05) is 24.3 Å². The molecule has 0 fully saturated rings. The second-order valence-corrected chi connectivity index (χ2v) is 4.83. The predicted molar refractivity (Wildman–Crippen MR) is 81.2 cm³/mol. The van der Waals surface area contributed by atoms with E-state index in [1.54, 1.807) is 7.11 Å². The molecule has 100 valence electrons. The molecule has 0 N–H and O–H groups in total. The lowest BCUT2D eigenvalue weighted by Gasteiger charge is -2.07. The van der Waals surface area contributed by atoms with Crippen LogP contribution in [0, 0.1) is 0 Å². The molecule has 0 aliphatic heterocycles. The molecular weight excluding hydrogens is 304 g/mol. The highest BCUT2D eigenvalue weighted by atomic mass is 79.9. The zero-order chi connectivity index (χ0) is 13.5. The topological polar surface area (TPSA) is 18.5 Å². The summed E-state index contributed by atoms with van der Waals surface area (Å²) < 4.78 is 10.8. The molecule has 2 rings (SSSR count). The first kappa shape index (κ1) is 14.1. The number of hydrogen-bond donors (Lipinski definition) is 0. The molecule has 0 amide bonds. The average Bonchev–Trinajstić information content (AvgIpc) is 2.47. The van der Waals surface area contributed by atoms with Gasteiger partial charge in [-0.2, -0.15) is 0 Å². The molecular formula is C16H17BrO2. The van der Waals surface area contributed by atoms with Gasteiger partial charge in [-0.05, 0) is 41.8 Å². The summed E-state index contributed by atoms with van der Waals surface area (Å²) in [6.07, 6.45) is 0.927. The van der Waals surface area contributed by atoms with Crippen LogP contribution in [0.4, 0.5) is 0 Å². The van der Waals surface area contributed by atoms with Crippen molar-refractivity contribution in [1.29, 1.82) is 0 Å². The molecule has 2 aromatic carbocycles. The maximum Gasteiger partial charge on any atom is 0.127 e. The number of ether oxygens (including phenoxy) is 2. The Morgan fingerprint density at radius 1 is 0.842 bits per heavy atom. The highest BCUT2D eigenvalue weighted by molar-refractivity contribution is 9.08. The van der Waals surface area contributed by atoms with Crippen molar-refractivity contribution in [2.75, 3.05) is 13.7 Å². The second-order valence-electron chi connectivity index (χ2n) is 4.27. The van der Waals surface area contributed by atoms with Crippen LogP contribution in [-0.4, -0.2) is 13.7 Å². The van der Waals surface area contributed by atoms with Crippen LogP contribution in [0.5, 0.6) is 11.5 Å². The number of rotatable bonds is 6. The Bertz CT molecular complexity index is 491. The van der Waals surface area contributed by atoms with Gasteiger partial charge in [0.05, 0.1) is 6.61 Å². The van der Waals surface area contributed by atoms with Gasteiger partial charge >= 0.3 is 0 Å². The fourth-order valence-electron chi connectivity index (χ4n) is 1.73. The largest absolute Gasteiger partial charge is 0.457 e. The minimum Gasteiger partial charge on any atom is -0.457 e. The van der Waals surface area contributed by atoms with Gasteiger partial charge in [0.2, 0.25) is 0 Å². The zero-order valence-corrected chi connectivity index (χ0v) is 12.5. The van der Waals surface area contributed by atoms with Crippen molar-refractivity contribution in [2.24, 2.45) is 0 Å². The maximum atomic E-state index is 5.79. The Morgan fingerprint density at radius 3 is 1.84 bits per heavy atom. The number of methoxy groups -OCH3 is 1. The third-order valence-corrected chi connectivity index (χ3v) is 3.48. The molecule has 0 spiro atoms. The van der Waals surface area contributed by atoms with E-state index in [1.165, 1.54) is 11.1 Å². The third kappa shape index (κ3) is 4.37. The van der Waals surface area contributed by atoms with Gasteiger partial charge in [0.15, 0.2) is 0 Å². The smallest absolute Gasteiger partial charge is 0.127 e. The molecule has 2 nitrogen and oxygen atoms in total. The normalized spacial score (nSPS) is 10.4. The van der Waals surface area contributed by atoms with E-state index in [9.17, 15) is 0 Å². The summed E-state index contributed by atoms with van der Waals surface area (Å²) in [6, 6.07) is 16.2. The average molecular weight is 321 g/mol. The van der Waals surface area contributed by atoms with Crippen LogP contribution in [0.15, 0.2) is 48.5 Å². The van der Waals surface area contributed by atoms with E-state index in [2.05, 4.69) is 40.2 Å². The molecule has 0 heterocycles. The van der Waals surface area contributed by atoms with E-state index in [0.717, 1.165) is 29.9 Å². The summed E-state index contributed by atoms with van der Waals surface area (Å²) >= 11 is 3.43. The molecule has 3 heteroatoms. The molecule has 0 saturated heterocycles. The van der Waals surface area contributed by atoms with Gasteiger partial charge in [0.1, 0.15) is 11.5 Å². The maximum absolute atomic E-state index is 5.79. The van der Waals surface area contributed by atoms with Crippen LogP contribution in [0.1, 0.15) is 11.1 Å².